The van der Waals surface area contributed by atoms with Gasteiger partial charge in [-0.2, -0.15) is 0 Å². The Balaban J connectivity index is 1.80. The van der Waals surface area contributed by atoms with Gasteiger partial charge in [0.15, 0.2) is 0 Å². The molecule has 0 aliphatic carbocycles. The standard InChI is InChI=1S/C17H20ClNO2/c1-12(5-6-13-7-9-15(20)10-8-13)19-11-14-3-2-4-16(18)17(14)21/h2-4,7-10,12,19-21H,5-6,11H2,1H3. The third kappa shape index (κ3) is 4.66. The van der Waals surface area contributed by atoms with Crippen molar-refractivity contribution in [2.24, 2.45) is 0 Å². The van der Waals surface area contributed by atoms with Gasteiger partial charge in [0.2, 0.25) is 0 Å². The van der Waals surface area contributed by atoms with Crippen LogP contribution in [0, 0.1) is 0 Å². The smallest absolute Gasteiger partial charge is 0.138 e. The van der Waals surface area contributed by atoms with Crippen LogP contribution in [0.1, 0.15) is 24.5 Å². The van der Waals surface area contributed by atoms with E-state index in [-0.39, 0.29) is 5.75 Å². The second-order valence-electron chi connectivity index (χ2n) is 5.23. The summed E-state index contributed by atoms with van der Waals surface area (Å²) in [5, 5.41) is 22.9. The number of aryl methyl sites for hydroxylation is 1. The average Bonchev–Trinajstić information content (AvgIpc) is 2.48. The Bertz CT molecular complexity index is 584. The molecule has 0 aliphatic heterocycles. The third-order valence-corrected chi connectivity index (χ3v) is 3.82. The van der Waals surface area contributed by atoms with Crippen molar-refractivity contribution in [3.63, 3.8) is 0 Å². The summed E-state index contributed by atoms with van der Waals surface area (Å²) in [6, 6.07) is 13.0. The number of hydrogen-bond acceptors (Lipinski definition) is 3. The Morgan fingerprint density at radius 1 is 1.10 bits per heavy atom. The Morgan fingerprint density at radius 3 is 2.52 bits per heavy atom. The molecule has 112 valence electrons. The highest BCUT2D eigenvalue weighted by Gasteiger charge is 2.07. The summed E-state index contributed by atoms with van der Waals surface area (Å²) in [7, 11) is 0. The number of phenolic OH excluding ortho intramolecular Hbond substituents is 2. The zero-order chi connectivity index (χ0) is 15.2. The molecule has 1 atom stereocenters. The van der Waals surface area contributed by atoms with Crippen LogP contribution in [-0.2, 0) is 13.0 Å². The molecule has 0 bridgehead atoms. The first kappa shape index (κ1) is 15.7. The predicted octanol–water partition coefficient (Wildman–Crippen LogP) is 3.86. The van der Waals surface area contributed by atoms with E-state index in [1.165, 1.54) is 5.56 Å². The van der Waals surface area contributed by atoms with E-state index in [4.69, 9.17) is 11.6 Å². The minimum atomic E-state index is 0.150. The molecule has 0 radical (unpaired) electrons. The summed E-state index contributed by atoms with van der Waals surface area (Å²) in [4.78, 5) is 0. The molecular weight excluding hydrogens is 286 g/mol. The van der Waals surface area contributed by atoms with Crippen molar-refractivity contribution < 1.29 is 10.2 Å². The van der Waals surface area contributed by atoms with Crippen LogP contribution in [0.5, 0.6) is 11.5 Å². The van der Waals surface area contributed by atoms with Gasteiger partial charge in [-0.25, -0.2) is 0 Å². The van der Waals surface area contributed by atoms with Gasteiger partial charge >= 0.3 is 0 Å². The lowest BCUT2D eigenvalue weighted by Gasteiger charge is -2.15. The fraction of sp³-hybridized carbons (Fsp3) is 0.294. The van der Waals surface area contributed by atoms with Crippen LogP contribution in [0.3, 0.4) is 0 Å². The lowest BCUT2D eigenvalue weighted by Crippen LogP contribution is -2.26. The molecule has 0 amide bonds. The van der Waals surface area contributed by atoms with E-state index >= 15 is 0 Å². The zero-order valence-corrected chi connectivity index (χ0v) is 12.8. The first-order chi connectivity index (χ1) is 10.1. The van der Waals surface area contributed by atoms with Crippen molar-refractivity contribution in [1.29, 1.82) is 0 Å². The number of para-hydroxylation sites is 1. The normalized spacial score (nSPS) is 12.3. The van der Waals surface area contributed by atoms with Crippen LogP contribution < -0.4 is 5.32 Å². The maximum atomic E-state index is 9.85. The van der Waals surface area contributed by atoms with E-state index in [0.717, 1.165) is 18.4 Å². The fourth-order valence-corrected chi connectivity index (χ4v) is 2.33. The molecule has 0 fully saturated rings. The summed E-state index contributed by atoms with van der Waals surface area (Å²) in [6.45, 7) is 2.70. The van der Waals surface area contributed by atoms with Crippen LogP contribution in [0.25, 0.3) is 0 Å². The number of rotatable bonds is 6. The highest BCUT2D eigenvalue weighted by Crippen LogP contribution is 2.26. The van der Waals surface area contributed by atoms with E-state index in [0.29, 0.717) is 23.4 Å². The molecular formula is C17H20ClNO2. The van der Waals surface area contributed by atoms with Crippen molar-refractivity contribution in [2.45, 2.75) is 32.4 Å². The molecule has 2 aromatic carbocycles. The Labute approximate surface area is 130 Å². The van der Waals surface area contributed by atoms with Gasteiger partial charge < -0.3 is 15.5 Å². The molecule has 4 heteroatoms. The fourth-order valence-electron chi connectivity index (χ4n) is 2.13. The van der Waals surface area contributed by atoms with Gasteiger partial charge in [0, 0.05) is 18.2 Å². The molecule has 0 heterocycles. The minimum Gasteiger partial charge on any atom is -0.508 e. The van der Waals surface area contributed by atoms with Gasteiger partial charge in [-0.05, 0) is 43.5 Å². The molecule has 1 unspecified atom stereocenters. The highest BCUT2D eigenvalue weighted by molar-refractivity contribution is 6.32. The van der Waals surface area contributed by atoms with E-state index in [9.17, 15) is 10.2 Å². The Kier molecular flexibility index (Phi) is 5.48. The molecule has 0 saturated carbocycles. The first-order valence-corrected chi connectivity index (χ1v) is 7.41. The maximum absolute atomic E-state index is 9.85. The lowest BCUT2D eigenvalue weighted by molar-refractivity contribution is 0.455. The van der Waals surface area contributed by atoms with Crippen LogP contribution >= 0.6 is 11.6 Å². The summed E-state index contributed by atoms with van der Waals surface area (Å²) >= 11 is 5.88. The van der Waals surface area contributed by atoms with Crippen molar-refractivity contribution in [3.8, 4) is 11.5 Å². The average molecular weight is 306 g/mol. The van der Waals surface area contributed by atoms with Gasteiger partial charge in [-0.1, -0.05) is 35.9 Å². The van der Waals surface area contributed by atoms with Gasteiger partial charge in [-0.3, -0.25) is 0 Å². The van der Waals surface area contributed by atoms with E-state index < -0.39 is 0 Å². The summed E-state index contributed by atoms with van der Waals surface area (Å²) < 4.78 is 0. The number of hydrogen-bond donors (Lipinski definition) is 3. The summed E-state index contributed by atoms with van der Waals surface area (Å²) in [5.41, 5.74) is 2.01. The second-order valence-corrected chi connectivity index (χ2v) is 5.64. The summed E-state index contributed by atoms with van der Waals surface area (Å²) in [5.74, 6) is 0.443. The number of halogens is 1. The Hall–Kier alpha value is -1.71. The minimum absolute atomic E-state index is 0.150. The quantitative estimate of drug-likeness (QED) is 0.759. The largest absolute Gasteiger partial charge is 0.508 e. The molecule has 0 aromatic heterocycles. The van der Waals surface area contributed by atoms with Crippen molar-refractivity contribution in [1.82, 2.24) is 5.32 Å². The number of phenols is 2. The third-order valence-electron chi connectivity index (χ3n) is 3.51. The predicted molar refractivity (Wildman–Crippen MR) is 85.8 cm³/mol. The molecule has 2 aromatic rings. The highest BCUT2D eigenvalue weighted by atomic mass is 35.5. The van der Waals surface area contributed by atoms with Gasteiger partial charge in [-0.15, -0.1) is 0 Å². The maximum Gasteiger partial charge on any atom is 0.138 e. The van der Waals surface area contributed by atoms with Crippen molar-refractivity contribution in [3.05, 3.63) is 58.6 Å². The van der Waals surface area contributed by atoms with E-state index in [2.05, 4.69) is 12.2 Å². The molecule has 21 heavy (non-hydrogen) atoms. The Morgan fingerprint density at radius 2 is 1.81 bits per heavy atom. The molecule has 0 aliphatic rings. The van der Waals surface area contributed by atoms with Gasteiger partial charge in [0.1, 0.15) is 11.5 Å². The van der Waals surface area contributed by atoms with Crippen LogP contribution in [0.4, 0.5) is 0 Å². The number of aromatic hydroxyl groups is 2. The first-order valence-electron chi connectivity index (χ1n) is 7.04. The molecule has 0 spiro atoms. The number of nitrogens with one attached hydrogen (secondary N) is 1. The van der Waals surface area contributed by atoms with Crippen molar-refractivity contribution in [2.75, 3.05) is 0 Å². The van der Waals surface area contributed by atoms with Crippen molar-refractivity contribution >= 4 is 11.6 Å². The van der Waals surface area contributed by atoms with Gasteiger partial charge in [0.05, 0.1) is 5.02 Å². The molecule has 3 nitrogen and oxygen atoms in total. The zero-order valence-electron chi connectivity index (χ0n) is 12.0. The monoisotopic (exact) mass is 305 g/mol. The topological polar surface area (TPSA) is 52.5 Å². The molecule has 3 N–H and O–H groups in total. The van der Waals surface area contributed by atoms with E-state index in [1.54, 1.807) is 18.2 Å². The molecule has 2 rings (SSSR count). The SMILES string of the molecule is CC(CCc1ccc(O)cc1)NCc1cccc(Cl)c1O. The van der Waals surface area contributed by atoms with Gasteiger partial charge in [0.25, 0.3) is 0 Å². The van der Waals surface area contributed by atoms with Crippen LogP contribution in [0.15, 0.2) is 42.5 Å². The van der Waals surface area contributed by atoms with Crippen LogP contribution in [0.2, 0.25) is 5.02 Å². The lowest BCUT2D eigenvalue weighted by atomic mass is 10.1. The van der Waals surface area contributed by atoms with Crippen LogP contribution in [-0.4, -0.2) is 16.3 Å². The molecule has 0 saturated heterocycles. The number of benzene rings is 2. The van der Waals surface area contributed by atoms with E-state index in [1.807, 2.05) is 24.3 Å². The second kappa shape index (κ2) is 7.34. The summed E-state index contributed by atoms with van der Waals surface area (Å²) in [6.07, 6.45) is 1.92.